The Labute approximate surface area is 76.4 Å². The number of rotatable bonds is 0. The summed E-state index contributed by atoms with van der Waals surface area (Å²) in [6, 6.07) is 0. The lowest BCUT2D eigenvalue weighted by Gasteiger charge is -2.18. The first-order valence-corrected chi connectivity index (χ1v) is 4.77. The van der Waals surface area contributed by atoms with E-state index in [4.69, 9.17) is 4.74 Å². The first-order chi connectivity index (χ1) is 6.20. The number of allylic oxidation sites excluding steroid dienone is 2. The minimum atomic E-state index is -0.861. The molecule has 0 amide bonds. The molecule has 1 saturated heterocycles. The maximum atomic E-state index is 11.4. The van der Waals surface area contributed by atoms with E-state index in [-0.39, 0.29) is 17.8 Å². The Hall–Kier alpha value is -0.830. The van der Waals surface area contributed by atoms with Gasteiger partial charge in [0, 0.05) is 5.92 Å². The number of cyclic esters (lactones) is 1. The van der Waals surface area contributed by atoms with Crippen LogP contribution in [0.15, 0.2) is 12.2 Å². The number of esters is 1. The molecule has 1 aliphatic heterocycles. The molecule has 70 valence electrons. The maximum Gasteiger partial charge on any atom is 0.312 e. The Morgan fingerprint density at radius 3 is 2.77 bits per heavy atom. The fraction of sp³-hybridized carbons (Fsp3) is 0.700. The highest BCUT2D eigenvalue weighted by atomic mass is 16.6. The average molecular weight is 180 g/mol. The third-order valence-electron chi connectivity index (χ3n) is 3.88. The molecule has 3 rings (SSSR count). The van der Waals surface area contributed by atoms with Gasteiger partial charge in [-0.25, -0.2) is 0 Å². The highest BCUT2D eigenvalue weighted by molar-refractivity contribution is 5.77. The largest absolute Gasteiger partial charge is 0.435 e. The van der Waals surface area contributed by atoms with Gasteiger partial charge in [0.15, 0.2) is 0 Å². The van der Waals surface area contributed by atoms with Gasteiger partial charge in [0.05, 0.1) is 5.92 Å². The van der Waals surface area contributed by atoms with Crippen molar-refractivity contribution in [1.29, 1.82) is 0 Å². The van der Waals surface area contributed by atoms with E-state index in [1.807, 2.05) is 0 Å². The van der Waals surface area contributed by atoms with Gasteiger partial charge in [-0.15, -0.1) is 0 Å². The molecule has 2 bridgehead atoms. The average Bonchev–Trinajstić information content (AvgIpc) is 2.67. The van der Waals surface area contributed by atoms with Gasteiger partial charge in [0.25, 0.3) is 0 Å². The van der Waals surface area contributed by atoms with Gasteiger partial charge in [-0.2, -0.15) is 0 Å². The summed E-state index contributed by atoms with van der Waals surface area (Å²) in [7, 11) is 0. The van der Waals surface area contributed by atoms with Crippen LogP contribution >= 0.6 is 0 Å². The second kappa shape index (κ2) is 2.15. The molecule has 1 N–H and O–H groups in total. The van der Waals surface area contributed by atoms with E-state index in [1.54, 1.807) is 0 Å². The summed E-state index contributed by atoms with van der Waals surface area (Å²) in [5.74, 6) is 0.896. The molecule has 2 aliphatic carbocycles. The van der Waals surface area contributed by atoms with Gasteiger partial charge >= 0.3 is 5.97 Å². The molecule has 13 heavy (non-hydrogen) atoms. The molecule has 0 aromatic heterocycles. The second-order valence-corrected chi connectivity index (χ2v) is 4.33. The van der Waals surface area contributed by atoms with Crippen molar-refractivity contribution in [1.82, 2.24) is 0 Å². The molecular weight excluding hydrogens is 168 g/mol. The number of aliphatic hydroxyl groups excluding tert-OH is 1. The second-order valence-electron chi connectivity index (χ2n) is 4.33. The molecular formula is C10H12O3. The SMILES string of the molecule is CC1C2C=CC1C1C(O)OC(=O)C21. The Kier molecular flexibility index (Phi) is 1.25. The minimum Gasteiger partial charge on any atom is -0.435 e. The van der Waals surface area contributed by atoms with Crippen LogP contribution in [0.25, 0.3) is 0 Å². The third kappa shape index (κ3) is 0.718. The molecule has 3 nitrogen and oxygen atoms in total. The van der Waals surface area contributed by atoms with Crippen LogP contribution in [-0.4, -0.2) is 17.4 Å². The van der Waals surface area contributed by atoms with Gasteiger partial charge in [0.1, 0.15) is 0 Å². The van der Waals surface area contributed by atoms with Crippen molar-refractivity contribution in [2.24, 2.45) is 29.6 Å². The van der Waals surface area contributed by atoms with E-state index >= 15 is 0 Å². The third-order valence-corrected chi connectivity index (χ3v) is 3.88. The zero-order chi connectivity index (χ0) is 9.16. The quantitative estimate of drug-likeness (QED) is 0.437. The normalized spacial score (nSPS) is 56.9. The molecule has 6 unspecified atom stereocenters. The van der Waals surface area contributed by atoms with Gasteiger partial charge < -0.3 is 9.84 Å². The lowest BCUT2D eigenvalue weighted by atomic mass is 9.85. The fourth-order valence-electron chi connectivity index (χ4n) is 3.24. The number of fused-ring (bicyclic) bond motifs is 5. The van der Waals surface area contributed by atoms with Gasteiger partial charge in [-0.1, -0.05) is 19.1 Å². The Bertz CT molecular complexity index is 297. The van der Waals surface area contributed by atoms with E-state index in [0.29, 0.717) is 17.8 Å². The predicted octanol–water partition coefficient (Wildman–Crippen LogP) is 0.546. The van der Waals surface area contributed by atoms with Crippen LogP contribution < -0.4 is 0 Å². The van der Waals surface area contributed by atoms with Gasteiger partial charge in [-0.3, -0.25) is 4.79 Å². The van der Waals surface area contributed by atoms with E-state index in [9.17, 15) is 9.90 Å². The number of ether oxygens (including phenoxy) is 1. The van der Waals surface area contributed by atoms with E-state index in [0.717, 1.165) is 0 Å². The summed E-state index contributed by atoms with van der Waals surface area (Å²) < 4.78 is 4.83. The smallest absolute Gasteiger partial charge is 0.312 e. The van der Waals surface area contributed by atoms with Gasteiger partial charge in [0.2, 0.25) is 6.29 Å². The predicted molar refractivity (Wildman–Crippen MR) is 44.4 cm³/mol. The van der Waals surface area contributed by atoms with Crippen LogP contribution in [0.1, 0.15) is 6.92 Å². The fourth-order valence-corrected chi connectivity index (χ4v) is 3.24. The zero-order valence-corrected chi connectivity index (χ0v) is 7.38. The van der Waals surface area contributed by atoms with Crippen molar-refractivity contribution in [2.45, 2.75) is 13.2 Å². The number of carbonyl (C=O) groups excluding carboxylic acids is 1. The Balaban J connectivity index is 2.04. The van der Waals surface area contributed by atoms with Crippen molar-refractivity contribution in [3.8, 4) is 0 Å². The first kappa shape index (κ1) is 7.56. The molecule has 1 heterocycles. The number of aliphatic hydroxyl groups is 1. The highest BCUT2D eigenvalue weighted by Gasteiger charge is 2.60. The van der Waals surface area contributed by atoms with E-state index in [1.165, 1.54) is 0 Å². The van der Waals surface area contributed by atoms with Crippen LogP contribution in [0.2, 0.25) is 0 Å². The summed E-state index contributed by atoms with van der Waals surface area (Å²) in [6.07, 6.45) is 3.37. The monoisotopic (exact) mass is 180 g/mol. The van der Waals surface area contributed by atoms with Crippen molar-refractivity contribution in [2.75, 3.05) is 0 Å². The molecule has 2 fully saturated rings. The van der Waals surface area contributed by atoms with Crippen molar-refractivity contribution < 1.29 is 14.6 Å². The van der Waals surface area contributed by atoms with E-state index in [2.05, 4.69) is 19.1 Å². The van der Waals surface area contributed by atoms with Crippen molar-refractivity contribution in [3.05, 3.63) is 12.2 Å². The summed E-state index contributed by atoms with van der Waals surface area (Å²) in [5, 5.41) is 9.53. The molecule has 0 aromatic carbocycles. The van der Waals surface area contributed by atoms with Crippen LogP contribution in [0.3, 0.4) is 0 Å². The van der Waals surface area contributed by atoms with Crippen molar-refractivity contribution >= 4 is 5.97 Å². The van der Waals surface area contributed by atoms with Gasteiger partial charge in [-0.05, 0) is 17.8 Å². The first-order valence-electron chi connectivity index (χ1n) is 4.77. The molecule has 0 radical (unpaired) electrons. The number of carbonyl (C=O) groups is 1. The van der Waals surface area contributed by atoms with Crippen LogP contribution in [-0.2, 0) is 9.53 Å². The van der Waals surface area contributed by atoms with Crippen LogP contribution in [0, 0.1) is 29.6 Å². The maximum absolute atomic E-state index is 11.4. The summed E-state index contributed by atoms with van der Waals surface area (Å²) in [4.78, 5) is 11.4. The van der Waals surface area contributed by atoms with E-state index < -0.39 is 6.29 Å². The molecule has 6 atom stereocenters. The zero-order valence-electron chi connectivity index (χ0n) is 7.38. The molecule has 1 saturated carbocycles. The standard InChI is InChI=1S/C10H12O3/c1-4-5-2-3-6(4)8-7(5)9(11)13-10(8)12/h2-9,11H,1H3. The summed E-state index contributed by atoms with van der Waals surface area (Å²) >= 11 is 0. The number of hydrogen-bond donors (Lipinski definition) is 1. The number of hydrogen-bond acceptors (Lipinski definition) is 3. The molecule has 0 spiro atoms. The summed E-state index contributed by atoms with van der Waals surface area (Å²) in [5.41, 5.74) is 0. The lowest BCUT2D eigenvalue weighted by molar-refractivity contribution is -0.159. The topological polar surface area (TPSA) is 46.5 Å². The highest BCUT2D eigenvalue weighted by Crippen LogP contribution is 2.56. The summed E-state index contributed by atoms with van der Waals surface area (Å²) in [6.45, 7) is 2.15. The van der Waals surface area contributed by atoms with Crippen molar-refractivity contribution in [3.63, 3.8) is 0 Å². The van der Waals surface area contributed by atoms with Crippen LogP contribution in [0.4, 0.5) is 0 Å². The Morgan fingerprint density at radius 1 is 1.38 bits per heavy atom. The Morgan fingerprint density at radius 2 is 2.08 bits per heavy atom. The van der Waals surface area contributed by atoms with Crippen LogP contribution in [0.5, 0.6) is 0 Å². The minimum absolute atomic E-state index is 0.0255. The molecule has 3 heteroatoms. The lowest BCUT2D eigenvalue weighted by Crippen LogP contribution is -2.24. The molecule has 0 aromatic rings. The molecule has 3 aliphatic rings.